The number of nitrogens with two attached hydrogens (primary N) is 1. The van der Waals surface area contributed by atoms with Gasteiger partial charge in [0.15, 0.2) is 0 Å². The Balaban J connectivity index is 2.75. The van der Waals surface area contributed by atoms with Crippen LogP contribution in [0.5, 0.6) is 0 Å². The van der Waals surface area contributed by atoms with Crippen LogP contribution in [0.1, 0.15) is 34.6 Å². The van der Waals surface area contributed by atoms with E-state index in [4.69, 9.17) is 5.73 Å². The van der Waals surface area contributed by atoms with Crippen LogP contribution in [0.4, 0.5) is 0 Å². The first kappa shape index (κ1) is 13.9. The van der Waals surface area contributed by atoms with E-state index < -0.39 is 0 Å². The molecule has 3 heteroatoms. The minimum absolute atomic E-state index is 0.261. The van der Waals surface area contributed by atoms with E-state index in [-0.39, 0.29) is 11.0 Å². The zero-order valence-corrected chi connectivity index (χ0v) is 11.9. The van der Waals surface area contributed by atoms with Gasteiger partial charge in [0.05, 0.1) is 0 Å². The summed E-state index contributed by atoms with van der Waals surface area (Å²) < 4.78 is 0. The van der Waals surface area contributed by atoms with Crippen molar-refractivity contribution in [3.63, 3.8) is 0 Å². The fraction of sp³-hybridized carbons (Fsp3) is 1.00. The Morgan fingerprint density at radius 3 is 2.19 bits per heavy atom. The molecule has 0 amide bonds. The van der Waals surface area contributed by atoms with Gasteiger partial charge in [0.1, 0.15) is 0 Å². The maximum Gasteiger partial charge on any atom is 0.0277 e. The van der Waals surface area contributed by atoms with E-state index in [1.54, 1.807) is 0 Å². The highest BCUT2D eigenvalue weighted by Crippen LogP contribution is 2.28. The van der Waals surface area contributed by atoms with Crippen molar-refractivity contribution in [1.29, 1.82) is 0 Å². The number of hydrogen-bond donors (Lipinski definition) is 1. The summed E-state index contributed by atoms with van der Waals surface area (Å²) in [5.41, 5.74) is 6.48. The number of nitrogens with zero attached hydrogens (tertiary/aromatic N) is 2. The zero-order valence-electron chi connectivity index (χ0n) is 11.9. The smallest absolute Gasteiger partial charge is 0.0277 e. The van der Waals surface area contributed by atoms with Crippen LogP contribution < -0.4 is 5.73 Å². The van der Waals surface area contributed by atoms with Gasteiger partial charge in [-0.25, -0.2) is 0 Å². The summed E-state index contributed by atoms with van der Waals surface area (Å²) in [5, 5.41) is 0. The Hall–Kier alpha value is -0.120. The molecule has 1 aliphatic rings. The van der Waals surface area contributed by atoms with Gasteiger partial charge < -0.3 is 5.73 Å². The normalized spacial score (nSPS) is 25.7. The van der Waals surface area contributed by atoms with E-state index in [1.165, 1.54) is 0 Å². The maximum absolute atomic E-state index is 5.96. The molecular formula is C13H29N3. The summed E-state index contributed by atoms with van der Waals surface area (Å²) in [6.07, 6.45) is 0. The SMILES string of the molecule is CN1CCN(C(CN)C(C)(C)C)CC1(C)C. The van der Waals surface area contributed by atoms with Gasteiger partial charge in [-0.15, -0.1) is 0 Å². The summed E-state index contributed by atoms with van der Waals surface area (Å²) >= 11 is 0. The third-order valence-electron chi connectivity index (χ3n) is 4.01. The quantitative estimate of drug-likeness (QED) is 0.774. The second kappa shape index (κ2) is 4.63. The van der Waals surface area contributed by atoms with Gasteiger partial charge in [-0.05, 0) is 26.3 Å². The standard InChI is InChI=1S/C13H29N3/c1-12(2,3)11(9-14)16-8-7-15(6)13(4,5)10-16/h11H,7-10,14H2,1-6H3. The van der Waals surface area contributed by atoms with Gasteiger partial charge in [0.2, 0.25) is 0 Å². The lowest BCUT2D eigenvalue weighted by molar-refractivity contribution is -0.00902. The van der Waals surface area contributed by atoms with Crippen LogP contribution in [0, 0.1) is 5.41 Å². The van der Waals surface area contributed by atoms with Crippen LogP contribution in [0.25, 0.3) is 0 Å². The minimum Gasteiger partial charge on any atom is -0.329 e. The van der Waals surface area contributed by atoms with Crippen LogP contribution in [0.3, 0.4) is 0 Å². The molecule has 2 N–H and O–H groups in total. The molecule has 1 heterocycles. The van der Waals surface area contributed by atoms with E-state index in [1.807, 2.05) is 0 Å². The van der Waals surface area contributed by atoms with Crippen molar-refractivity contribution >= 4 is 0 Å². The van der Waals surface area contributed by atoms with E-state index in [2.05, 4.69) is 51.5 Å². The minimum atomic E-state index is 0.261. The van der Waals surface area contributed by atoms with Crippen LogP contribution in [-0.2, 0) is 0 Å². The molecule has 1 aliphatic heterocycles. The van der Waals surface area contributed by atoms with Crippen LogP contribution in [0.2, 0.25) is 0 Å². The van der Waals surface area contributed by atoms with Crippen LogP contribution in [-0.4, -0.2) is 54.6 Å². The second-order valence-electron chi connectivity index (χ2n) is 6.82. The molecule has 0 aromatic rings. The molecule has 1 saturated heterocycles. The Labute approximate surface area is 101 Å². The Morgan fingerprint density at radius 2 is 1.81 bits per heavy atom. The van der Waals surface area contributed by atoms with Crippen molar-refractivity contribution < 1.29 is 0 Å². The van der Waals surface area contributed by atoms with Gasteiger partial charge >= 0.3 is 0 Å². The molecule has 0 bridgehead atoms. The molecular weight excluding hydrogens is 198 g/mol. The average Bonchev–Trinajstić information content (AvgIpc) is 2.09. The summed E-state index contributed by atoms with van der Waals surface area (Å²) in [5.74, 6) is 0. The molecule has 0 spiro atoms. The van der Waals surface area contributed by atoms with Crippen LogP contribution >= 0.6 is 0 Å². The Morgan fingerprint density at radius 1 is 1.25 bits per heavy atom. The van der Waals surface area contributed by atoms with Gasteiger partial charge in [-0.1, -0.05) is 20.8 Å². The highest BCUT2D eigenvalue weighted by molar-refractivity contribution is 4.94. The molecule has 1 unspecified atom stereocenters. The molecule has 0 saturated carbocycles. The molecule has 1 fully saturated rings. The number of rotatable bonds is 2. The number of likely N-dealkylation sites (N-methyl/N-ethyl adjacent to an activating group) is 1. The van der Waals surface area contributed by atoms with Gasteiger partial charge in [-0.2, -0.15) is 0 Å². The third-order valence-corrected chi connectivity index (χ3v) is 4.01. The van der Waals surface area contributed by atoms with E-state index in [0.717, 1.165) is 26.2 Å². The molecule has 96 valence electrons. The fourth-order valence-corrected chi connectivity index (χ4v) is 2.59. The fourth-order valence-electron chi connectivity index (χ4n) is 2.59. The Bertz CT molecular complexity index is 230. The highest BCUT2D eigenvalue weighted by Gasteiger charge is 2.37. The molecule has 0 radical (unpaired) electrons. The monoisotopic (exact) mass is 227 g/mol. The second-order valence-corrected chi connectivity index (χ2v) is 6.82. The first-order valence-electron chi connectivity index (χ1n) is 6.34. The molecule has 0 aromatic carbocycles. The van der Waals surface area contributed by atoms with Crippen molar-refractivity contribution in [3.8, 4) is 0 Å². The summed E-state index contributed by atoms with van der Waals surface area (Å²) in [4.78, 5) is 5.01. The van der Waals surface area contributed by atoms with Crippen molar-refractivity contribution in [3.05, 3.63) is 0 Å². The molecule has 3 nitrogen and oxygen atoms in total. The van der Waals surface area contributed by atoms with Crippen molar-refractivity contribution in [1.82, 2.24) is 9.80 Å². The van der Waals surface area contributed by atoms with Gasteiger partial charge in [0.25, 0.3) is 0 Å². The predicted molar refractivity (Wildman–Crippen MR) is 70.6 cm³/mol. The van der Waals surface area contributed by atoms with Crippen LogP contribution in [0.15, 0.2) is 0 Å². The lowest BCUT2D eigenvalue weighted by Crippen LogP contribution is -2.63. The molecule has 0 aromatic heterocycles. The van der Waals surface area contributed by atoms with Crippen molar-refractivity contribution in [2.45, 2.75) is 46.2 Å². The predicted octanol–water partition coefficient (Wildman–Crippen LogP) is 1.39. The summed E-state index contributed by atoms with van der Waals surface area (Å²) in [7, 11) is 2.21. The number of piperazine rings is 1. The zero-order chi connectivity index (χ0) is 12.6. The van der Waals surface area contributed by atoms with E-state index in [0.29, 0.717) is 6.04 Å². The maximum atomic E-state index is 5.96. The molecule has 1 rings (SSSR count). The average molecular weight is 227 g/mol. The van der Waals surface area contributed by atoms with E-state index >= 15 is 0 Å². The first-order valence-corrected chi connectivity index (χ1v) is 6.34. The van der Waals surface area contributed by atoms with E-state index in [9.17, 15) is 0 Å². The topological polar surface area (TPSA) is 32.5 Å². The number of hydrogen-bond acceptors (Lipinski definition) is 3. The first-order chi connectivity index (χ1) is 7.18. The van der Waals surface area contributed by atoms with Crippen molar-refractivity contribution in [2.75, 3.05) is 33.2 Å². The third kappa shape index (κ3) is 2.96. The Kier molecular flexibility index (Phi) is 4.04. The van der Waals surface area contributed by atoms with Crippen molar-refractivity contribution in [2.24, 2.45) is 11.1 Å². The van der Waals surface area contributed by atoms with Gasteiger partial charge in [0, 0.05) is 37.8 Å². The van der Waals surface area contributed by atoms with Gasteiger partial charge in [-0.3, -0.25) is 9.80 Å². The molecule has 1 atom stereocenters. The lowest BCUT2D eigenvalue weighted by atomic mass is 9.84. The molecule has 16 heavy (non-hydrogen) atoms. The highest BCUT2D eigenvalue weighted by atomic mass is 15.3. The lowest BCUT2D eigenvalue weighted by Gasteiger charge is -2.50. The largest absolute Gasteiger partial charge is 0.329 e. The summed E-state index contributed by atoms with van der Waals surface area (Å²) in [6.45, 7) is 15.6. The summed E-state index contributed by atoms with van der Waals surface area (Å²) in [6, 6.07) is 0.487. The molecule has 0 aliphatic carbocycles.